The van der Waals surface area contributed by atoms with Crippen molar-refractivity contribution in [1.29, 1.82) is 0 Å². The van der Waals surface area contributed by atoms with E-state index in [1.54, 1.807) is 0 Å². The Morgan fingerprint density at radius 2 is 1.71 bits per heavy atom. The lowest BCUT2D eigenvalue weighted by Crippen LogP contribution is -2.47. The molecule has 0 aliphatic carbocycles. The number of morpholine rings is 1. The monoisotopic (exact) mass is 458 g/mol. The Kier molecular flexibility index (Phi) is 8.32. The van der Waals surface area contributed by atoms with Crippen LogP contribution in [0.1, 0.15) is 6.42 Å². The molecule has 12 heteroatoms. The number of nitrogens with one attached hydrogen (secondary N) is 2. The molecule has 0 saturated carbocycles. The molecule has 1 aromatic carbocycles. The van der Waals surface area contributed by atoms with Crippen LogP contribution in [0.25, 0.3) is 0 Å². The summed E-state index contributed by atoms with van der Waals surface area (Å²) >= 11 is 0. The van der Waals surface area contributed by atoms with Gasteiger partial charge in [0.2, 0.25) is 10.0 Å². The molecule has 2 aliphatic heterocycles. The standard InChI is InChI=1S/C19H27FN4O6S/c20-15-2-4-16(5-3-15)31(27,28)24-10-13-30-17(24)14-22-19(26)18(25)21-6-1-7-23-8-11-29-12-9-23/h2-5,17H,1,6-14H2,(H,21,25)(H,22,26)/t17-/m0/s1. The predicted octanol–water partition coefficient (Wildman–Crippen LogP) is -0.873. The summed E-state index contributed by atoms with van der Waals surface area (Å²) in [6.07, 6.45) is -0.248. The Morgan fingerprint density at radius 3 is 2.42 bits per heavy atom. The second-order valence-corrected chi connectivity index (χ2v) is 9.06. The van der Waals surface area contributed by atoms with Crippen LogP contribution in [0.3, 0.4) is 0 Å². The highest BCUT2D eigenvalue weighted by molar-refractivity contribution is 7.89. The normalized spacial score (nSPS) is 20.5. The maximum absolute atomic E-state index is 13.1. The van der Waals surface area contributed by atoms with Crippen molar-refractivity contribution >= 4 is 21.8 Å². The van der Waals surface area contributed by atoms with Crippen molar-refractivity contribution in [3.8, 4) is 0 Å². The third-order valence-corrected chi connectivity index (χ3v) is 6.95. The zero-order valence-corrected chi connectivity index (χ0v) is 17.9. The third-order valence-electron chi connectivity index (χ3n) is 5.05. The number of amides is 2. The highest BCUT2D eigenvalue weighted by Crippen LogP contribution is 2.22. The summed E-state index contributed by atoms with van der Waals surface area (Å²) in [4.78, 5) is 26.2. The van der Waals surface area contributed by atoms with Gasteiger partial charge in [0.25, 0.3) is 0 Å². The number of ether oxygens (including phenoxy) is 2. The number of nitrogens with zero attached hydrogens (tertiary/aromatic N) is 2. The minimum Gasteiger partial charge on any atom is -0.379 e. The first-order chi connectivity index (χ1) is 14.9. The molecule has 2 amide bonds. The van der Waals surface area contributed by atoms with E-state index in [1.165, 1.54) is 12.1 Å². The van der Waals surface area contributed by atoms with Gasteiger partial charge >= 0.3 is 11.8 Å². The van der Waals surface area contributed by atoms with Crippen LogP contribution < -0.4 is 10.6 Å². The van der Waals surface area contributed by atoms with Crippen molar-refractivity contribution in [1.82, 2.24) is 19.8 Å². The molecule has 31 heavy (non-hydrogen) atoms. The topological polar surface area (TPSA) is 117 Å². The van der Waals surface area contributed by atoms with E-state index in [0.29, 0.717) is 26.2 Å². The fraction of sp³-hybridized carbons (Fsp3) is 0.579. The van der Waals surface area contributed by atoms with Gasteiger partial charge in [0, 0.05) is 26.2 Å². The van der Waals surface area contributed by atoms with E-state index >= 15 is 0 Å². The lowest BCUT2D eigenvalue weighted by molar-refractivity contribution is -0.139. The first-order valence-corrected chi connectivity index (χ1v) is 11.6. The molecule has 2 aliphatic rings. The number of halogens is 1. The van der Waals surface area contributed by atoms with Gasteiger partial charge in [-0.25, -0.2) is 12.8 Å². The number of carbonyl (C=O) groups excluding carboxylic acids is 2. The Balaban J connectivity index is 1.43. The van der Waals surface area contributed by atoms with Gasteiger partial charge in [0.1, 0.15) is 12.0 Å². The molecular weight excluding hydrogens is 431 g/mol. The molecular formula is C19H27FN4O6S. The van der Waals surface area contributed by atoms with Crippen molar-refractivity contribution in [3.05, 3.63) is 30.1 Å². The lowest BCUT2D eigenvalue weighted by Gasteiger charge is -2.26. The van der Waals surface area contributed by atoms with Crippen LogP contribution in [0.5, 0.6) is 0 Å². The van der Waals surface area contributed by atoms with Crippen molar-refractivity contribution in [2.75, 3.05) is 59.1 Å². The number of rotatable bonds is 8. The molecule has 2 heterocycles. The average Bonchev–Trinajstić information content (AvgIpc) is 3.25. The zero-order chi connectivity index (χ0) is 22.3. The van der Waals surface area contributed by atoms with Gasteiger partial charge in [-0.15, -0.1) is 0 Å². The van der Waals surface area contributed by atoms with E-state index in [2.05, 4.69) is 15.5 Å². The summed E-state index contributed by atoms with van der Waals surface area (Å²) in [6, 6.07) is 4.46. The van der Waals surface area contributed by atoms with Crippen LogP contribution >= 0.6 is 0 Å². The second kappa shape index (κ2) is 11.0. The van der Waals surface area contributed by atoms with E-state index in [4.69, 9.17) is 9.47 Å². The Morgan fingerprint density at radius 1 is 1.03 bits per heavy atom. The summed E-state index contributed by atoms with van der Waals surface area (Å²) in [5.74, 6) is -2.19. The van der Waals surface area contributed by atoms with Gasteiger partial charge < -0.3 is 20.1 Å². The van der Waals surface area contributed by atoms with Gasteiger partial charge in [-0.3, -0.25) is 14.5 Å². The first-order valence-electron chi connectivity index (χ1n) is 10.1. The molecule has 1 aromatic rings. The van der Waals surface area contributed by atoms with Crippen molar-refractivity contribution in [3.63, 3.8) is 0 Å². The molecule has 172 valence electrons. The van der Waals surface area contributed by atoms with Crippen LogP contribution in [0.4, 0.5) is 4.39 Å². The fourth-order valence-electron chi connectivity index (χ4n) is 3.35. The van der Waals surface area contributed by atoms with E-state index in [-0.39, 0.29) is 24.6 Å². The Labute approximate surface area is 180 Å². The quantitative estimate of drug-likeness (QED) is 0.384. The van der Waals surface area contributed by atoms with E-state index in [0.717, 1.165) is 36.1 Å². The molecule has 0 spiro atoms. The number of hydrogen-bond acceptors (Lipinski definition) is 7. The lowest BCUT2D eigenvalue weighted by atomic mass is 10.3. The number of carbonyl (C=O) groups is 2. The van der Waals surface area contributed by atoms with Gasteiger partial charge in [0.05, 0.1) is 31.3 Å². The number of sulfonamides is 1. The fourth-order valence-corrected chi connectivity index (χ4v) is 4.86. The maximum Gasteiger partial charge on any atom is 0.309 e. The van der Waals surface area contributed by atoms with Crippen LogP contribution in [0.15, 0.2) is 29.2 Å². The van der Waals surface area contributed by atoms with Crippen molar-refractivity contribution in [2.45, 2.75) is 17.5 Å². The summed E-state index contributed by atoms with van der Waals surface area (Å²) in [7, 11) is -3.92. The SMILES string of the molecule is O=C(NCCCN1CCOCC1)C(=O)NC[C@@H]1OCCN1S(=O)(=O)c1ccc(F)cc1. The summed E-state index contributed by atoms with van der Waals surface area (Å²) in [6.45, 7) is 4.33. The predicted molar refractivity (Wildman–Crippen MR) is 108 cm³/mol. The first kappa shape index (κ1) is 23.5. The summed E-state index contributed by atoms with van der Waals surface area (Å²) in [5.41, 5.74) is 0. The van der Waals surface area contributed by atoms with Gasteiger partial charge in [0.15, 0.2) is 0 Å². The number of benzene rings is 1. The Hall–Kier alpha value is -2.12. The zero-order valence-electron chi connectivity index (χ0n) is 17.1. The largest absolute Gasteiger partial charge is 0.379 e. The molecule has 0 unspecified atom stereocenters. The average molecular weight is 459 g/mol. The van der Waals surface area contributed by atoms with E-state index < -0.39 is 33.9 Å². The maximum atomic E-state index is 13.1. The Bertz CT molecular complexity index is 861. The van der Waals surface area contributed by atoms with E-state index in [9.17, 15) is 22.4 Å². The summed E-state index contributed by atoms with van der Waals surface area (Å²) < 4.78 is 50.4. The molecule has 0 bridgehead atoms. The third kappa shape index (κ3) is 6.43. The van der Waals surface area contributed by atoms with Crippen LogP contribution in [0, 0.1) is 5.82 Å². The van der Waals surface area contributed by atoms with Crippen LogP contribution in [-0.2, 0) is 29.1 Å². The van der Waals surface area contributed by atoms with Crippen molar-refractivity contribution < 1.29 is 31.9 Å². The van der Waals surface area contributed by atoms with E-state index in [1.807, 2.05) is 0 Å². The highest BCUT2D eigenvalue weighted by atomic mass is 32.2. The molecule has 2 N–H and O–H groups in total. The molecule has 0 radical (unpaired) electrons. The molecule has 3 rings (SSSR count). The second-order valence-electron chi connectivity index (χ2n) is 7.17. The van der Waals surface area contributed by atoms with Gasteiger partial charge in [-0.1, -0.05) is 0 Å². The molecule has 0 aromatic heterocycles. The van der Waals surface area contributed by atoms with Gasteiger partial charge in [-0.05, 0) is 37.2 Å². The van der Waals surface area contributed by atoms with Gasteiger partial charge in [-0.2, -0.15) is 4.31 Å². The molecule has 1 atom stereocenters. The molecule has 10 nitrogen and oxygen atoms in total. The minimum absolute atomic E-state index is 0.0752. The smallest absolute Gasteiger partial charge is 0.309 e. The number of hydrogen-bond donors (Lipinski definition) is 2. The van der Waals surface area contributed by atoms with Crippen LogP contribution in [-0.4, -0.2) is 94.8 Å². The minimum atomic E-state index is -3.92. The molecule has 2 saturated heterocycles. The van der Waals surface area contributed by atoms with Crippen LogP contribution in [0.2, 0.25) is 0 Å². The van der Waals surface area contributed by atoms with Crippen molar-refractivity contribution in [2.24, 2.45) is 0 Å². The summed E-state index contributed by atoms with van der Waals surface area (Å²) in [5, 5.41) is 4.96. The molecule has 2 fully saturated rings. The highest BCUT2D eigenvalue weighted by Gasteiger charge is 2.36.